The second-order valence-electron chi connectivity index (χ2n) is 3.87. The zero-order chi connectivity index (χ0) is 16.7. The topological polar surface area (TPSA) is 94.1 Å². The van der Waals surface area contributed by atoms with Crippen LogP contribution in [0.5, 0.6) is 0 Å². The van der Waals surface area contributed by atoms with E-state index in [4.69, 9.17) is 23.2 Å². The molecule has 0 bridgehead atoms. The number of hydrazone groups is 1. The van der Waals surface area contributed by atoms with Gasteiger partial charge in [-0.3, -0.25) is 15.0 Å². The minimum absolute atomic E-state index is 0.266. The van der Waals surface area contributed by atoms with Crippen LogP contribution in [-0.2, 0) is 23.9 Å². The van der Waals surface area contributed by atoms with Gasteiger partial charge in [-0.05, 0) is 18.2 Å². The SMILES string of the molecule is COC(=O)CC(=O)C(=NNc1ccc(Cl)c(Cl)c1)C(=O)OC. The summed E-state index contributed by atoms with van der Waals surface area (Å²) in [6.07, 6.45) is -0.631. The molecule has 0 aromatic heterocycles. The largest absolute Gasteiger partial charge is 0.469 e. The van der Waals surface area contributed by atoms with Gasteiger partial charge in [0.15, 0.2) is 0 Å². The van der Waals surface area contributed by atoms with Crippen molar-refractivity contribution in [1.82, 2.24) is 0 Å². The first-order valence-corrected chi connectivity index (χ1v) is 6.61. The summed E-state index contributed by atoms with van der Waals surface area (Å²) in [7, 11) is 2.21. The number of carbonyl (C=O) groups is 3. The average molecular weight is 347 g/mol. The molecule has 0 fully saturated rings. The Morgan fingerprint density at radius 1 is 1.14 bits per heavy atom. The number of ketones is 1. The van der Waals surface area contributed by atoms with Crippen molar-refractivity contribution in [2.45, 2.75) is 6.42 Å². The quantitative estimate of drug-likeness (QED) is 0.366. The molecular formula is C13H12Cl2N2O5. The van der Waals surface area contributed by atoms with E-state index in [-0.39, 0.29) is 5.02 Å². The van der Waals surface area contributed by atoms with Gasteiger partial charge in [0.2, 0.25) is 11.5 Å². The van der Waals surface area contributed by atoms with Gasteiger partial charge < -0.3 is 9.47 Å². The average Bonchev–Trinajstić information content (AvgIpc) is 2.50. The van der Waals surface area contributed by atoms with E-state index in [1.165, 1.54) is 18.2 Å². The number of anilines is 1. The smallest absolute Gasteiger partial charge is 0.362 e. The minimum Gasteiger partial charge on any atom is -0.469 e. The van der Waals surface area contributed by atoms with Crippen LogP contribution in [0.4, 0.5) is 5.69 Å². The molecule has 0 spiro atoms. The molecule has 0 atom stereocenters. The molecule has 0 saturated carbocycles. The number of esters is 2. The maximum Gasteiger partial charge on any atom is 0.362 e. The van der Waals surface area contributed by atoms with Crippen LogP contribution >= 0.6 is 23.2 Å². The van der Waals surface area contributed by atoms with Crippen molar-refractivity contribution in [2.24, 2.45) is 5.10 Å². The number of nitrogens with zero attached hydrogens (tertiary/aromatic N) is 1. The Bertz CT molecular complexity index is 631. The van der Waals surface area contributed by atoms with E-state index in [1.807, 2.05) is 0 Å². The Morgan fingerprint density at radius 2 is 1.82 bits per heavy atom. The Labute approximate surface area is 136 Å². The lowest BCUT2D eigenvalue weighted by atomic mass is 10.2. The maximum atomic E-state index is 11.8. The van der Waals surface area contributed by atoms with E-state index in [1.54, 1.807) is 0 Å². The predicted molar refractivity (Wildman–Crippen MR) is 81.2 cm³/mol. The van der Waals surface area contributed by atoms with Crippen molar-refractivity contribution < 1.29 is 23.9 Å². The maximum absolute atomic E-state index is 11.8. The summed E-state index contributed by atoms with van der Waals surface area (Å²) in [4.78, 5) is 34.5. The summed E-state index contributed by atoms with van der Waals surface area (Å²) in [6.45, 7) is 0. The van der Waals surface area contributed by atoms with Crippen LogP contribution in [0, 0.1) is 0 Å². The van der Waals surface area contributed by atoms with Crippen molar-refractivity contribution in [3.8, 4) is 0 Å². The van der Waals surface area contributed by atoms with E-state index < -0.39 is 29.9 Å². The van der Waals surface area contributed by atoms with Gasteiger partial charge >= 0.3 is 11.9 Å². The Kier molecular flexibility index (Phi) is 6.81. The summed E-state index contributed by atoms with van der Waals surface area (Å²) in [6, 6.07) is 4.50. The number of carbonyl (C=O) groups excluding carboxylic acids is 3. The number of hydrogen-bond donors (Lipinski definition) is 1. The molecule has 118 valence electrons. The van der Waals surface area contributed by atoms with E-state index >= 15 is 0 Å². The highest BCUT2D eigenvalue weighted by Crippen LogP contribution is 2.24. The summed E-state index contributed by atoms with van der Waals surface area (Å²) in [5.74, 6) is -2.62. The fraction of sp³-hybridized carbons (Fsp3) is 0.231. The number of benzene rings is 1. The molecule has 7 nitrogen and oxygen atoms in total. The van der Waals surface area contributed by atoms with E-state index in [9.17, 15) is 14.4 Å². The number of halogens is 2. The lowest BCUT2D eigenvalue weighted by Gasteiger charge is -2.06. The normalized spacial score (nSPS) is 10.8. The molecule has 0 heterocycles. The molecule has 0 saturated heterocycles. The zero-order valence-corrected chi connectivity index (χ0v) is 13.2. The lowest BCUT2D eigenvalue weighted by Crippen LogP contribution is -2.28. The first kappa shape index (κ1) is 17.9. The standard InChI is InChI=1S/C13H12Cl2N2O5/c1-21-11(19)6-10(18)12(13(20)22-2)17-16-7-3-4-8(14)9(15)5-7/h3-5,16H,6H2,1-2H3. The molecular weight excluding hydrogens is 335 g/mol. The van der Waals surface area contributed by atoms with Gasteiger partial charge in [-0.1, -0.05) is 23.2 Å². The van der Waals surface area contributed by atoms with Crippen LogP contribution in [0.15, 0.2) is 23.3 Å². The second kappa shape index (κ2) is 8.35. The van der Waals surface area contributed by atoms with Crippen molar-refractivity contribution in [1.29, 1.82) is 0 Å². The highest BCUT2D eigenvalue weighted by atomic mass is 35.5. The fourth-order valence-corrected chi connectivity index (χ4v) is 1.59. The monoisotopic (exact) mass is 346 g/mol. The third kappa shape index (κ3) is 5.01. The highest BCUT2D eigenvalue weighted by Gasteiger charge is 2.24. The van der Waals surface area contributed by atoms with Gasteiger partial charge in [-0.2, -0.15) is 5.10 Å². The zero-order valence-electron chi connectivity index (χ0n) is 11.7. The number of ether oxygens (including phenoxy) is 2. The molecule has 1 aromatic carbocycles. The van der Waals surface area contributed by atoms with Crippen LogP contribution in [0.1, 0.15) is 6.42 Å². The molecule has 0 aliphatic heterocycles. The third-order valence-electron chi connectivity index (χ3n) is 2.39. The van der Waals surface area contributed by atoms with E-state index in [2.05, 4.69) is 20.0 Å². The van der Waals surface area contributed by atoms with Crippen molar-refractivity contribution in [3.05, 3.63) is 28.2 Å². The van der Waals surface area contributed by atoms with Gasteiger partial charge in [0, 0.05) is 0 Å². The Hall–Kier alpha value is -2.12. The molecule has 0 aliphatic carbocycles. The van der Waals surface area contributed by atoms with Crippen LogP contribution < -0.4 is 5.43 Å². The van der Waals surface area contributed by atoms with Gasteiger partial charge in [0.05, 0.1) is 30.0 Å². The van der Waals surface area contributed by atoms with Gasteiger partial charge in [0.1, 0.15) is 6.42 Å². The number of rotatable bonds is 6. The highest BCUT2D eigenvalue weighted by molar-refractivity contribution is 6.65. The molecule has 22 heavy (non-hydrogen) atoms. The molecule has 9 heteroatoms. The van der Waals surface area contributed by atoms with Crippen molar-refractivity contribution in [2.75, 3.05) is 19.6 Å². The molecule has 0 radical (unpaired) electrons. The fourth-order valence-electron chi connectivity index (χ4n) is 1.29. The van der Waals surface area contributed by atoms with E-state index in [0.29, 0.717) is 10.7 Å². The molecule has 1 N–H and O–H groups in total. The van der Waals surface area contributed by atoms with Crippen LogP contribution in [0.3, 0.4) is 0 Å². The predicted octanol–water partition coefficient (Wildman–Crippen LogP) is 2.07. The molecule has 0 aliphatic rings. The molecule has 1 aromatic rings. The molecule has 0 amide bonds. The number of hydrogen-bond acceptors (Lipinski definition) is 7. The first-order valence-electron chi connectivity index (χ1n) is 5.86. The Balaban J connectivity index is 2.95. The van der Waals surface area contributed by atoms with Crippen LogP contribution in [-0.4, -0.2) is 37.7 Å². The van der Waals surface area contributed by atoms with Gasteiger partial charge in [-0.15, -0.1) is 0 Å². The Morgan fingerprint density at radius 3 is 2.36 bits per heavy atom. The van der Waals surface area contributed by atoms with Crippen molar-refractivity contribution in [3.63, 3.8) is 0 Å². The molecule has 0 unspecified atom stereocenters. The second-order valence-corrected chi connectivity index (χ2v) is 4.68. The lowest BCUT2D eigenvalue weighted by molar-refractivity contribution is -0.142. The first-order chi connectivity index (χ1) is 10.4. The van der Waals surface area contributed by atoms with Gasteiger partial charge in [0.25, 0.3) is 0 Å². The molecule has 1 rings (SSSR count). The number of methoxy groups -OCH3 is 2. The van der Waals surface area contributed by atoms with Crippen molar-refractivity contribution >= 4 is 52.3 Å². The third-order valence-corrected chi connectivity index (χ3v) is 3.13. The van der Waals surface area contributed by atoms with Crippen LogP contribution in [0.25, 0.3) is 0 Å². The summed E-state index contributed by atoms with van der Waals surface area (Å²) in [5, 5.41) is 4.26. The van der Waals surface area contributed by atoms with Gasteiger partial charge in [-0.25, -0.2) is 4.79 Å². The summed E-state index contributed by atoms with van der Waals surface area (Å²) < 4.78 is 8.81. The van der Waals surface area contributed by atoms with E-state index in [0.717, 1.165) is 14.2 Å². The summed E-state index contributed by atoms with van der Waals surface area (Å²) >= 11 is 11.6. The summed E-state index contributed by atoms with van der Waals surface area (Å²) in [5.41, 5.74) is 2.29. The number of nitrogens with one attached hydrogen (secondary N) is 1. The van der Waals surface area contributed by atoms with Crippen LogP contribution in [0.2, 0.25) is 10.0 Å². The number of Topliss-reactive ketones (excluding diaryl/α,β-unsaturated/α-hetero) is 1. The minimum atomic E-state index is -0.985.